The molecule has 0 heterocycles. The van der Waals surface area contributed by atoms with Gasteiger partial charge in [0.2, 0.25) is 0 Å². The summed E-state index contributed by atoms with van der Waals surface area (Å²) in [4.78, 5) is 0. The molecule has 0 bridgehead atoms. The topological polar surface area (TPSA) is 12.0 Å². The number of hydrogen-bond acceptors (Lipinski definition) is 2. The minimum absolute atomic E-state index is 0.907. The fraction of sp³-hybridized carbons (Fsp3) is 0.571. The van der Waals surface area contributed by atoms with E-state index in [1.54, 1.807) is 0 Å². The van der Waals surface area contributed by atoms with Gasteiger partial charge < -0.3 is 5.32 Å². The highest BCUT2D eigenvalue weighted by Crippen LogP contribution is 2.25. The Labute approximate surface area is 103 Å². The Morgan fingerprint density at radius 3 is 2.88 bits per heavy atom. The van der Waals surface area contributed by atoms with E-state index >= 15 is 0 Å². The van der Waals surface area contributed by atoms with Crippen LogP contribution in [0, 0.1) is 5.92 Å². The molecule has 1 saturated carbocycles. The van der Waals surface area contributed by atoms with E-state index in [1.807, 2.05) is 11.8 Å². The number of nitrogens with one attached hydrogen (secondary N) is 1. The Balaban J connectivity index is 1.85. The molecule has 0 unspecified atom stereocenters. The quantitative estimate of drug-likeness (QED) is 0.822. The smallest absolute Gasteiger partial charge is 0.0343 e. The zero-order chi connectivity index (χ0) is 11.2. The fourth-order valence-corrected chi connectivity index (χ4v) is 2.93. The second kappa shape index (κ2) is 6.19. The molecule has 2 rings (SSSR count). The third-order valence-electron chi connectivity index (χ3n) is 3.31. The first-order valence-electron chi connectivity index (χ1n) is 6.20. The van der Waals surface area contributed by atoms with Crippen molar-refractivity contribution < 1.29 is 0 Å². The maximum Gasteiger partial charge on any atom is 0.0343 e. The molecule has 0 amide bonds. The summed E-state index contributed by atoms with van der Waals surface area (Å²) in [6, 6.07) is 8.82. The number of hydrogen-bond donors (Lipinski definition) is 1. The van der Waals surface area contributed by atoms with Gasteiger partial charge in [0.25, 0.3) is 0 Å². The highest BCUT2D eigenvalue weighted by molar-refractivity contribution is 7.97. The first kappa shape index (κ1) is 11.8. The van der Waals surface area contributed by atoms with E-state index in [9.17, 15) is 0 Å². The molecule has 0 radical (unpaired) electrons. The van der Waals surface area contributed by atoms with Crippen LogP contribution in [-0.4, -0.2) is 12.8 Å². The first-order chi connectivity index (χ1) is 7.88. The summed E-state index contributed by atoms with van der Waals surface area (Å²) in [5.41, 5.74) is 2.71. The molecule has 16 heavy (non-hydrogen) atoms. The largest absolute Gasteiger partial charge is 0.385 e. The Hall–Kier alpha value is -0.630. The third-order valence-corrected chi connectivity index (χ3v) is 3.93. The molecule has 0 aliphatic heterocycles. The van der Waals surface area contributed by atoms with Gasteiger partial charge in [0.1, 0.15) is 0 Å². The van der Waals surface area contributed by atoms with Crippen LogP contribution in [0.1, 0.15) is 31.2 Å². The van der Waals surface area contributed by atoms with Gasteiger partial charge in [-0.1, -0.05) is 25.0 Å². The van der Waals surface area contributed by atoms with Crippen molar-refractivity contribution in [2.75, 3.05) is 18.1 Å². The summed E-state index contributed by atoms with van der Waals surface area (Å²) >= 11 is 1.88. The van der Waals surface area contributed by atoms with Gasteiger partial charge in [0, 0.05) is 18.0 Å². The minimum atomic E-state index is 0.907. The lowest BCUT2D eigenvalue weighted by Crippen LogP contribution is -2.10. The molecule has 1 aliphatic carbocycles. The third kappa shape index (κ3) is 3.44. The highest BCUT2D eigenvalue weighted by atomic mass is 32.2. The van der Waals surface area contributed by atoms with Gasteiger partial charge in [0.05, 0.1) is 0 Å². The molecule has 1 aliphatic rings. The number of thioether (sulfide) groups is 1. The zero-order valence-corrected chi connectivity index (χ0v) is 10.9. The van der Waals surface area contributed by atoms with Crippen LogP contribution in [0.4, 0.5) is 5.69 Å². The summed E-state index contributed by atoms with van der Waals surface area (Å²) in [7, 11) is 0. The van der Waals surface area contributed by atoms with Crippen LogP contribution in [0.25, 0.3) is 0 Å². The lowest BCUT2D eigenvalue weighted by molar-refractivity contribution is 0.580. The molecule has 1 fully saturated rings. The molecule has 1 aromatic carbocycles. The average Bonchev–Trinajstić information content (AvgIpc) is 2.80. The summed E-state index contributed by atoms with van der Waals surface area (Å²) in [6.07, 6.45) is 7.84. The monoisotopic (exact) mass is 235 g/mol. The number of benzene rings is 1. The van der Waals surface area contributed by atoms with E-state index in [0.29, 0.717) is 0 Å². The van der Waals surface area contributed by atoms with Crippen LogP contribution in [0.5, 0.6) is 0 Å². The van der Waals surface area contributed by atoms with E-state index < -0.39 is 0 Å². The fourth-order valence-electron chi connectivity index (χ4n) is 2.41. The Morgan fingerprint density at radius 2 is 2.12 bits per heavy atom. The summed E-state index contributed by atoms with van der Waals surface area (Å²) in [6.45, 7) is 1.16. The molecule has 88 valence electrons. The van der Waals surface area contributed by atoms with E-state index in [2.05, 4.69) is 35.8 Å². The maximum absolute atomic E-state index is 3.58. The van der Waals surface area contributed by atoms with Gasteiger partial charge in [-0.15, -0.1) is 0 Å². The minimum Gasteiger partial charge on any atom is -0.385 e. The Bertz CT molecular complexity index is 318. The van der Waals surface area contributed by atoms with Crippen LogP contribution in [0.15, 0.2) is 24.3 Å². The van der Waals surface area contributed by atoms with Crippen LogP contribution in [0.2, 0.25) is 0 Å². The van der Waals surface area contributed by atoms with Gasteiger partial charge in [-0.25, -0.2) is 0 Å². The van der Waals surface area contributed by atoms with Crippen molar-refractivity contribution in [3.05, 3.63) is 29.8 Å². The van der Waals surface area contributed by atoms with Crippen molar-refractivity contribution >= 4 is 17.4 Å². The molecule has 1 nitrogen and oxygen atoms in total. The number of rotatable bonds is 5. The summed E-state index contributed by atoms with van der Waals surface area (Å²) < 4.78 is 0. The molecular formula is C14H21NS. The molecule has 0 aromatic heterocycles. The zero-order valence-electron chi connectivity index (χ0n) is 10.0. The van der Waals surface area contributed by atoms with Crippen LogP contribution >= 0.6 is 11.8 Å². The molecule has 0 atom stereocenters. The van der Waals surface area contributed by atoms with Crippen molar-refractivity contribution in [3.8, 4) is 0 Å². The standard InChI is InChI=1S/C14H21NS/c1-16-11-13-7-4-8-14(9-13)15-10-12-5-2-3-6-12/h4,7-9,12,15H,2-3,5-6,10-11H2,1H3. The predicted octanol–water partition coefficient (Wildman–Crippen LogP) is 4.15. The lowest BCUT2D eigenvalue weighted by atomic mass is 10.1. The second-order valence-electron chi connectivity index (χ2n) is 4.66. The molecule has 1 N–H and O–H groups in total. The van der Waals surface area contributed by atoms with Gasteiger partial charge >= 0.3 is 0 Å². The lowest BCUT2D eigenvalue weighted by Gasteiger charge is -2.12. The van der Waals surface area contributed by atoms with Gasteiger partial charge in [-0.3, -0.25) is 0 Å². The molecule has 1 aromatic rings. The average molecular weight is 235 g/mol. The van der Waals surface area contributed by atoms with Crippen molar-refractivity contribution in [2.45, 2.75) is 31.4 Å². The highest BCUT2D eigenvalue weighted by Gasteiger charge is 2.14. The van der Waals surface area contributed by atoms with E-state index in [0.717, 1.165) is 18.2 Å². The van der Waals surface area contributed by atoms with E-state index in [4.69, 9.17) is 0 Å². The van der Waals surface area contributed by atoms with Gasteiger partial charge in [-0.05, 0) is 42.7 Å². The molecular weight excluding hydrogens is 214 g/mol. The second-order valence-corrected chi connectivity index (χ2v) is 5.53. The van der Waals surface area contributed by atoms with E-state index in [1.165, 1.54) is 36.9 Å². The van der Waals surface area contributed by atoms with Crippen LogP contribution < -0.4 is 5.32 Å². The molecule has 2 heteroatoms. The maximum atomic E-state index is 3.58. The Kier molecular flexibility index (Phi) is 4.58. The molecule has 0 spiro atoms. The van der Waals surface area contributed by atoms with Crippen molar-refractivity contribution in [1.82, 2.24) is 0 Å². The summed E-state index contributed by atoms with van der Waals surface area (Å²) in [5, 5.41) is 3.58. The van der Waals surface area contributed by atoms with Crippen molar-refractivity contribution in [2.24, 2.45) is 5.92 Å². The van der Waals surface area contributed by atoms with E-state index in [-0.39, 0.29) is 0 Å². The summed E-state index contributed by atoms with van der Waals surface area (Å²) in [5.74, 6) is 2.02. The predicted molar refractivity (Wildman–Crippen MR) is 74.1 cm³/mol. The SMILES string of the molecule is CSCc1cccc(NCC2CCCC2)c1. The first-order valence-corrected chi connectivity index (χ1v) is 7.59. The van der Waals surface area contributed by atoms with Crippen LogP contribution in [0.3, 0.4) is 0 Å². The van der Waals surface area contributed by atoms with Crippen LogP contribution in [-0.2, 0) is 5.75 Å². The van der Waals surface area contributed by atoms with Gasteiger partial charge in [-0.2, -0.15) is 11.8 Å². The normalized spacial score (nSPS) is 16.6. The van der Waals surface area contributed by atoms with Crippen molar-refractivity contribution in [3.63, 3.8) is 0 Å². The van der Waals surface area contributed by atoms with Crippen molar-refractivity contribution in [1.29, 1.82) is 0 Å². The van der Waals surface area contributed by atoms with Gasteiger partial charge in [0.15, 0.2) is 0 Å². The Morgan fingerprint density at radius 1 is 1.31 bits per heavy atom. The number of anilines is 1. The molecule has 0 saturated heterocycles.